The maximum Gasteiger partial charge on any atom is 0.249 e. The number of benzene rings is 1. The van der Waals surface area contributed by atoms with Crippen LogP contribution in [0.2, 0.25) is 0 Å². The molecule has 6 heteroatoms. The van der Waals surface area contributed by atoms with Crippen molar-refractivity contribution in [1.82, 2.24) is 5.32 Å². The molecule has 1 aliphatic heterocycles. The highest BCUT2D eigenvalue weighted by Gasteiger charge is 2.34. The van der Waals surface area contributed by atoms with E-state index in [2.05, 4.69) is 5.32 Å². The van der Waals surface area contributed by atoms with E-state index in [-0.39, 0.29) is 24.2 Å². The fourth-order valence-electron chi connectivity index (χ4n) is 2.69. The van der Waals surface area contributed by atoms with Crippen molar-refractivity contribution in [3.05, 3.63) is 29.8 Å². The molecule has 1 saturated heterocycles. The van der Waals surface area contributed by atoms with Gasteiger partial charge in [-0.25, -0.2) is 0 Å². The number of nitrogens with one attached hydrogen (secondary N) is 1. The Labute approximate surface area is 144 Å². The van der Waals surface area contributed by atoms with E-state index >= 15 is 0 Å². The second-order valence-corrected chi connectivity index (χ2v) is 6.41. The van der Waals surface area contributed by atoms with Gasteiger partial charge in [-0.15, -0.1) is 12.4 Å². The van der Waals surface area contributed by atoms with Crippen LogP contribution in [0, 0.1) is 12.8 Å². The first-order chi connectivity index (χ1) is 10.4. The van der Waals surface area contributed by atoms with Crippen LogP contribution in [-0.4, -0.2) is 30.4 Å². The summed E-state index contributed by atoms with van der Waals surface area (Å²) in [6.45, 7) is 6.67. The number of aryl methyl sites for hydroxylation is 1. The lowest BCUT2D eigenvalue weighted by atomic mass is 10.0. The number of carbonyl (C=O) groups is 2. The predicted octanol–water partition coefficient (Wildman–Crippen LogP) is 2.01. The molecule has 1 aliphatic rings. The maximum absolute atomic E-state index is 12.4. The molecule has 23 heavy (non-hydrogen) atoms. The number of anilines is 1. The minimum absolute atomic E-state index is 0. The molecule has 0 aromatic heterocycles. The molecular formula is C17H26ClN3O2. The first-order valence-electron chi connectivity index (χ1n) is 7.82. The van der Waals surface area contributed by atoms with Crippen molar-refractivity contribution >= 4 is 29.9 Å². The van der Waals surface area contributed by atoms with Crippen molar-refractivity contribution in [2.45, 2.75) is 45.7 Å². The third-order valence-electron chi connectivity index (χ3n) is 3.93. The molecule has 1 heterocycles. The number of rotatable bonds is 5. The van der Waals surface area contributed by atoms with Crippen LogP contribution < -0.4 is 16.0 Å². The second kappa shape index (κ2) is 8.31. The maximum atomic E-state index is 12.4. The molecule has 1 aromatic carbocycles. The lowest BCUT2D eigenvalue weighted by Gasteiger charge is -2.19. The van der Waals surface area contributed by atoms with Crippen molar-refractivity contribution in [1.29, 1.82) is 0 Å². The quantitative estimate of drug-likeness (QED) is 0.861. The van der Waals surface area contributed by atoms with Gasteiger partial charge in [-0.2, -0.15) is 0 Å². The van der Waals surface area contributed by atoms with E-state index in [1.54, 1.807) is 4.90 Å². The molecule has 0 saturated carbocycles. The van der Waals surface area contributed by atoms with Crippen LogP contribution in [0.15, 0.2) is 24.3 Å². The zero-order valence-electron chi connectivity index (χ0n) is 13.9. The molecule has 1 aromatic rings. The van der Waals surface area contributed by atoms with Gasteiger partial charge in [0.15, 0.2) is 0 Å². The van der Waals surface area contributed by atoms with Crippen molar-refractivity contribution in [3.63, 3.8) is 0 Å². The number of halogens is 1. The number of nitrogens with two attached hydrogens (primary N) is 1. The Bertz CT molecular complexity index is 545. The van der Waals surface area contributed by atoms with Gasteiger partial charge in [0.25, 0.3) is 0 Å². The molecule has 0 bridgehead atoms. The smallest absolute Gasteiger partial charge is 0.249 e. The minimum Gasteiger partial charge on any atom is -0.343 e. The lowest BCUT2D eigenvalue weighted by Crippen LogP contribution is -2.48. The summed E-state index contributed by atoms with van der Waals surface area (Å²) in [5, 5.41) is 2.79. The van der Waals surface area contributed by atoms with Crippen LogP contribution in [0.4, 0.5) is 5.69 Å². The number of amides is 2. The van der Waals surface area contributed by atoms with Gasteiger partial charge in [0.1, 0.15) is 6.04 Å². The van der Waals surface area contributed by atoms with Crippen molar-refractivity contribution < 1.29 is 9.59 Å². The molecule has 0 spiro atoms. The van der Waals surface area contributed by atoms with Crippen LogP contribution in [0.5, 0.6) is 0 Å². The lowest BCUT2D eigenvalue weighted by molar-refractivity contribution is -0.127. The molecule has 2 amide bonds. The first-order valence-corrected chi connectivity index (χ1v) is 7.82. The SMILES string of the molecule is Cc1ccc(N2CCC(NC(=O)[C@@H](N)CC(C)C)C2=O)cc1.Cl. The van der Waals surface area contributed by atoms with E-state index < -0.39 is 12.1 Å². The number of hydrogen-bond donors (Lipinski definition) is 2. The molecule has 0 aliphatic carbocycles. The summed E-state index contributed by atoms with van der Waals surface area (Å²) < 4.78 is 0. The summed E-state index contributed by atoms with van der Waals surface area (Å²) in [6.07, 6.45) is 1.24. The number of hydrogen-bond acceptors (Lipinski definition) is 3. The Hall–Kier alpha value is -1.59. The number of nitrogens with zero attached hydrogens (tertiary/aromatic N) is 1. The molecular weight excluding hydrogens is 314 g/mol. The van der Waals surface area contributed by atoms with E-state index in [0.29, 0.717) is 25.3 Å². The third kappa shape index (κ3) is 4.94. The van der Waals surface area contributed by atoms with Crippen LogP contribution in [-0.2, 0) is 9.59 Å². The van der Waals surface area contributed by atoms with E-state index in [9.17, 15) is 9.59 Å². The molecule has 1 unspecified atom stereocenters. The highest BCUT2D eigenvalue weighted by Crippen LogP contribution is 2.22. The fraction of sp³-hybridized carbons (Fsp3) is 0.529. The molecule has 0 radical (unpaired) electrons. The normalized spacial score (nSPS) is 18.7. The summed E-state index contributed by atoms with van der Waals surface area (Å²) >= 11 is 0. The largest absolute Gasteiger partial charge is 0.343 e. The van der Waals surface area contributed by atoms with Gasteiger partial charge in [-0.1, -0.05) is 31.5 Å². The fourth-order valence-corrected chi connectivity index (χ4v) is 2.69. The van der Waals surface area contributed by atoms with Gasteiger partial charge in [0.2, 0.25) is 11.8 Å². The van der Waals surface area contributed by atoms with Crippen LogP contribution in [0.1, 0.15) is 32.3 Å². The highest BCUT2D eigenvalue weighted by atomic mass is 35.5. The topological polar surface area (TPSA) is 75.4 Å². The summed E-state index contributed by atoms with van der Waals surface area (Å²) in [5.41, 5.74) is 7.89. The Morgan fingerprint density at radius 2 is 1.96 bits per heavy atom. The molecule has 2 rings (SSSR count). The highest BCUT2D eigenvalue weighted by molar-refractivity contribution is 6.01. The van der Waals surface area contributed by atoms with E-state index in [1.807, 2.05) is 45.0 Å². The van der Waals surface area contributed by atoms with Gasteiger partial charge >= 0.3 is 0 Å². The Morgan fingerprint density at radius 1 is 1.35 bits per heavy atom. The Morgan fingerprint density at radius 3 is 2.52 bits per heavy atom. The van der Waals surface area contributed by atoms with Crippen LogP contribution in [0.25, 0.3) is 0 Å². The zero-order valence-corrected chi connectivity index (χ0v) is 14.7. The number of carbonyl (C=O) groups excluding carboxylic acids is 2. The van der Waals surface area contributed by atoms with Gasteiger partial charge in [-0.05, 0) is 37.8 Å². The van der Waals surface area contributed by atoms with Crippen molar-refractivity contribution in [3.8, 4) is 0 Å². The average Bonchev–Trinajstić information content (AvgIpc) is 2.80. The Balaban J connectivity index is 0.00000264. The van der Waals surface area contributed by atoms with Gasteiger partial charge in [0, 0.05) is 12.2 Å². The summed E-state index contributed by atoms with van der Waals surface area (Å²) in [5.74, 6) is 0.0517. The molecule has 1 fully saturated rings. The van der Waals surface area contributed by atoms with E-state index in [0.717, 1.165) is 11.3 Å². The summed E-state index contributed by atoms with van der Waals surface area (Å²) in [7, 11) is 0. The van der Waals surface area contributed by atoms with Crippen LogP contribution >= 0.6 is 12.4 Å². The third-order valence-corrected chi connectivity index (χ3v) is 3.93. The summed E-state index contributed by atoms with van der Waals surface area (Å²) in [4.78, 5) is 26.2. The second-order valence-electron chi connectivity index (χ2n) is 6.41. The molecule has 2 atom stereocenters. The van der Waals surface area contributed by atoms with E-state index in [1.165, 1.54) is 0 Å². The van der Waals surface area contributed by atoms with Crippen molar-refractivity contribution in [2.24, 2.45) is 11.7 Å². The minimum atomic E-state index is -0.554. The van der Waals surface area contributed by atoms with Crippen LogP contribution in [0.3, 0.4) is 0 Å². The molecule has 128 valence electrons. The first kappa shape index (κ1) is 19.5. The zero-order chi connectivity index (χ0) is 16.3. The van der Waals surface area contributed by atoms with Gasteiger partial charge in [-0.3, -0.25) is 9.59 Å². The predicted molar refractivity (Wildman–Crippen MR) is 94.8 cm³/mol. The standard InChI is InChI=1S/C17H25N3O2.ClH/c1-11(2)10-14(18)16(21)19-15-8-9-20(17(15)22)13-6-4-12(3)5-7-13;/h4-7,11,14-15H,8-10,18H2,1-3H3,(H,19,21);1H/t14-,15?;/m0./s1. The average molecular weight is 340 g/mol. The van der Waals surface area contributed by atoms with Crippen molar-refractivity contribution in [2.75, 3.05) is 11.4 Å². The molecule has 5 nitrogen and oxygen atoms in total. The Kier molecular flexibility index (Phi) is 7.03. The van der Waals surface area contributed by atoms with Gasteiger partial charge < -0.3 is 16.0 Å². The summed E-state index contributed by atoms with van der Waals surface area (Å²) in [6, 6.07) is 6.80. The van der Waals surface area contributed by atoms with Gasteiger partial charge in [0.05, 0.1) is 6.04 Å². The van der Waals surface area contributed by atoms with E-state index in [4.69, 9.17) is 5.73 Å². The molecule has 3 N–H and O–H groups in total. The monoisotopic (exact) mass is 339 g/mol.